The van der Waals surface area contributed by atoms with Gasteiger partial charge in [-0.2, -0.15) is 0 Å². The largest absolute Gasteiger partial charge is 0.337 e. The molecule has 0 saturated heterocycles. The Morgan fingerprint density at radius 3 is 2.48 bits per heavy atom. The fourth-order valence-corrected chi connectivity index (χ4v) is 5.29. The molecule has 0 aliphatic heterocycles. The number of aryl methyl sites for hydroxylation is 2. The minimum atomic E-state index is -4.20. The van der Waals surface area contributed by atoms with E-state index in [0.29, 0.717) is 19.2 Å². The molecule has 13 heteroatoms. The predicted octanol–water partition coefficient (Wildman–Crippen LogP) is 3.83. The average molecular weight is 502 g/mol. The standard InChI is InChI=1S/C20H22F3N5O3S2/c1-5-28-8-12(25-9-28)6-7-24-19(29)27-20-26-11(3)17(32-20)13-14(21)10(2)18(33(4,30)31)16(23)15(13)22/h8-9H,5-7H2,1-4H3,(H2,24,26,27,29). The van der Waals surface area contributed by atoms with Crippen molar-refractivity contribution in [2.75, 3.05) is 18.1 Å². The molecule has 3 rings (SSSR count). The summed E-state index contributed by atoms with van der Waals surface area (Å²) in [4.78, 5) is 19.4. The van der Waals surface area contributed by atoms with E-state index < -0.39 is 49.3 Å². The fourth-order valence-electron chi connectivity index (χ4n) is 3.23. The Kier molecular flexibility index (Phi) is 7.12. The van der Waals surface area contributed by atoms with Crippen LogP contribution in [0.1, 0.15) is 23.9 Å². The van der Waals surface area contributed by atoms with Crippen LogP contribution < -0.4 is 10.6 Å². The van der Waals surface area contributed by atoms with Gasteiger partial charge in [0, 0.05) is 37.5 Å². The SMILES string of the molecule is CCn1cnc(CCNC(=O)Nc2nc(C)c(-c3c(F)c(C)c(S(C)(=O)=O)c(F)c3F)s2)c1. The van der Waals surface area contributed by atoms with Gasteiger partial charge in [0.25, 0.3) is 0 Å². The van der Waals surface area contributed by atoms with Crippen LogP contribution in [0.2, 0.25) is 0 Å². The number of sulfone groups is 1. The van der Waals surface area contributed by atoms with Crippen molar-refractivity contribution in [2.45, 2.75) is 38.6 Å². The van der Waals surface area contributed by atoms with Crippen LogP contribution in [0, 0.1) is 31.3 Å². The van der Waals surface area contributed by atoms with E-state index in [-0.39, 0.29) is 15.7 Å². The number of hydrogen-bond acceptors (Lipinski definition) is 6. The molecule has 0 unspecified atom stereocenters. The Morgan fingerprint density at radius 2 is 1.88 bits per heavy atom. The van der Waals surface area contributed by atoms with Crippen molar-refractivity contribution in [3.05, 3.63) is 46.9 Å². The first-order valence-electron chi connectivity index (χ1n) is 9.84. The summed E-state index contributed by atoms with van der Waals surface area (Å²) < 4.78 is 69.6. The number of carbonyl (C=O) groups excluding carboxylic acids is 1. The summed E-state index contributed by atoms with van der Waals surface area (Å²) in [6, 6.07) is -0.582. The second kappa shape index (κ2) is 9.51. The zero-order valence-electron chi connectivity index (χ0n) is 18.3. The summed E-state index contributed by atoms with van der Waals surface area (Å²) in [6.45, 7) is 5.56. The number of anilines is 1. The second-order valence-corrected chi connectivity index (χ2v) is 10.3. The highest BCUT2D eigenvalue weighted by Crippen LogP contribution is 2.40. The Bertz CT molecular complexity index is 1290. The number of amides is 2. The summed E-state index contributed by atoms with van der Waals surface area (Å²) in [6.07, 6.45) is 4.74. The number of hydrogen-bond donors (Lipinski definition) is 2. The van der Waals surface area contributed by atoms with Crippen LogP contribution >= 0.6 is 11.3 Å². The summed E-state index contributed by atoms with van der Waals surface area (Å²) in [5.41, 5.74) is -0.307. The molecule has 1 aromatic carbocycles. The third kappa shape index (κ3) is 5.19. The highest BCUT2D eigenvalue weighted by atomic mass is 32.2. The van der Waals surface area contributed by atoms with Crippen LogP contribution in [0.5, 0.6) is 0 Å². The van der Waals surface area contributed by atoms with Crippen LogP contribution in [-0.2, 0) is 22.8 Å². The number of aromatic nitrogens is 3. The van der Waals surface area contributed by atoms with Gasteiger partial charge in [0.1, 0.15) is 10.7 Å². The lowest BCUT2D eigenvalue weighted by Gasteiger charge is -2.12. The minimum absolute atomic E-state index is 0.0410. The zero-order chi connectivity index (χ0) is 24.5. The number of rotatable bonds is 7. The number of thiazole rings is 1. The maximum atomic E-state index is 14.9. The van der Waals surface area contributed by atoms with Crippen LogP contribution in [-0.4, -0.2) is 41.8 Å². The molecule has 2 heterocycles. The van der Waals surface area contributed by atoms with Crippen molar-refractivity contribution in [1.29, 1.82) is 0 Å². The van der Waals surface area contributed by atoms with E-state index in [1.54, 1.807) is 6.33 Å². The van der Waals surface area contributed by atoms with Crippen molar-refractivity contribution >= 4 is 32.3 Å². The van der Waals surface area contributed by atoms with Gasteiger partial charge < -0.3 is 9.88 Å². The Morgan fingerprint density at radius 1 is 1.18 bits per heavy atom. The molecule has 0 bridgehead atoms. The smallest absolute Gasteiger partial charge is 0.321 e. The average Bonchev–Trinajstić information content (AvgIpc) is 3.32. The van der Waals surface area contributed by atoms with Gasteiger partial charge in [0.05, 0.1) is 28.2 Å². The number of carbonyl (C=O) groups is 1. The fraction of sp³-hybridized carbons (Fsp3) is 0.350. The number of benzene rings is 1. The van der Waals surface area contributed by atoms with Crippen LogP contribution in [0.25, 0.3) is 10.4 Å². The molecule has 2 N–H and O–H groups in total. The summed E-state index contributed by atoms with van der Waals surface area (Å²) in [5, 5.41) is 5.15. The van der Waals surface area contributed by atoms with Crippen LogP contribution in [0.3, 0.4) is 0 Å². The minimum Gasteiger partial charge on any atom is -0.337 e. The zero-order valence-corrected chi connectivity index (χ0v) is 19.9. The highest BCUT2D eigenvalue weighted by molar-refractivity contribution is 7.90. The van der Waals surface area contributed by atoms with E-state index in [9.17, 15) is 26.4 Å². The van der Waals surface area contributed by atoms with Gasteiger partial charge in [-0.25, -0.2) is 36.4 Å². The monoisotopic (exact) mass is 501 g/mol. The number of imidazole rings is 1. The Balaban J connectivity index is 1.78. The van der Waals surface area contributed by atoms with Crippen LogP contribution in [0.4, 0.5) is 23.1 Å². The molecule has 178 valence electrons. The number of halogens is 3. The van der Waals surface area contributed by atoms with E-state index in [1.807, 2.05) is 17.7 Å². The topological polar surface area (TPSA) is 106 Å². The molecule has 0 fully saturated rings. The van der Waals surface area contributed by atoms with Gasteiger partial charge in [-0.15, -0.1) is 0 Å². The molecular formula is C20H22F3N5O3S2. The maximum Gasteiger partial charge on any atom is 0.321 e. The molecule has 0 aliphatic rings. The Labute approximate surface area is 192 Å². The van der Waals surface area contributed by atoms with E-state index in [0.717, 1.165) is 30.5 Å². The molecule has 0 saturated carbocycles. The molecule has 0 aliphatic carbocycles. The first-order chi connectivity index (χ1) is 15.4. The molecule has 8 nitrogen and oxygen atoms in total. The lowest BCUT2D eigenvalue weighted by molar-refractivity contribution is 0.252. The molecule has 33 heavy (non-hydrogen) atoms. The molecule has 2 amide bonds. The van der Waals surface area contributed by atoms with Crippen molar-refractivity contribution < 1.29 is 26.4 Å². The van der Waals surface area contributed by atoms with Gasteiger partial charge in [0.15, 0.2) is 26.6 Å². The molecule has 0 radical (unpaired) electrons. The first-order valence-corrected chi connectivity index (χ1v) is 12.5. The predicted molar refractivity (Wildman–Crippen MR) is 119 cm³/mol. The van der Waals surface area contributed by atoms with Gasteiger partial charge in [0.2, 0.25) is 0 Å². The molecular weight excluding hydrogens is 479 g/mol. The number of nitrogens with zero attached hydrogens (tertiary/aromatic N) is 3. The van der Waals surface area contributed by atoms with Crippen molar-refractivity contribution in [1.82, 2.24) is 19.9 Å². The van der Waals surface area contributed by atoms with Crippen molar-refractivity contribution in [3.63, 3.8) is 0 Å². The normalized spacial score (nSPS) is 11.6. The van der Waals surface area contributed by atoms with Gasteiger partial charge >= 0.3 is 6.03 Å². The maximum absolute atomic E-state index is 14.9. The van der Waals surface area contributed by atoms with Crippen LogP contribution in [0.15, 0.2) is 17.4 Å². The second-order valence-electron chi connectivity index (χ2n) is 7.30. The third-order valence-electron chi connectivity index (χ3n) is 4.83. The van der Waals surface area contributed by atoms with Gasteiger partial charge in [-0.1, -0.05) is 11.3 Å². The van der Waals surface area contributed by atoms with Gasteiger partial charge in [-0.3, -0.25) is 5.32 Å². The molecule has 2 aromatic heterocycles. The van der Waals surface area contributed by atoms with Crippen molar-refractivity contribution in [2.24, 2.45) is 0 Å². The summed E-state index contributed by atoms with van der Waals surface area (Å²) >= 11 is 0.741. The molecule has 0 atom stereocenters. The third-order valence-corrected chi connectivity index (χ3v) is 7.15. The Hall–Kier alpha value is -2.93. The molecule has 3 aromatic rings. The summed E-state index contributed by atoms with van der Waals surface area (Å²) in [5.74, 6) is -4.49. The quantitative estimate of drug-likeness (QED) is 0.479. The van der Waals surface area contributed by atoms with E-state index in [4.69, 9.17) is 0 Å². The lowest BCUT2D eigenvalue weighted by atomic mass is 10.1. The molecule has 0 spiro atoms. The summed E-state index contributed by atoms with van der Waals surface area (Å²) in [7, 11) is -4.20. The van der Waals surface area contributed by atoms with E-state index in [1.165, 1.54) is 6.92 Å². The van der Waals surface area contributed by atoms with Crippen molar-refractivity contribution in [3.8, 4) is 10.4 Å². The van der Waals surface area contributed by atoms with E-state index in [2.05, 4.69) is 20.6 Å². The number of urea groups is 1. The first kappa shape index (κ1) is 24.7. The lowest BCUT2D eigenvalue weighted by Crippen LogP contribution is -2.30. The van der Waals surface area contributed by atoms with E-state index >= 15 is 0 Å². The van der Waals surface area contributed by atoms with Gasteiger partial charge in [-0.05, 0) is 20.8 Å². The highest BCUT2D eigenvalue weighted by Gasteiger charge is 2.30. The number of nitrogens with one attached hydrogen (secondary N) is 2.